The van der Waals surface area contributed by atoms with Crippen LogP contribution < -0.4 is 21.9 Å². The highest BCUT2D eigenvalue weighted by Gasteiger charge is 2.23. The molecule has 2 aliphatic rings. The zero-order chi connectivity index (χ0) is 79.4. The molecular weight excluding hydrogens is 1700 g/mol. The lowest BCUT2D eigenvalue weighted by molar-refractivity contribution is 0.0996. The molecule has 9 aromatic carbocycles. The van der Waals surface area contributed by atoms with Crippen LogP contribution in [0.3, 0.4) is 0 Å². The van der Waals surface area contributed by atoms with Gasteiger partial charge in [0.05, 0.1) is 50.7 Å². The van der Waals surface area contributed by atoms with E-state index in [9.17, 15) is 22.0 Å². The van der Waals surface area contributed by atoms with E-state index in [0.29, 0.717) is 78.0 Å². The Labute approximate surface area is 691 Å². The summed E-state index contributed by atoms with van der Waals surface area (Å²) in [4.78, 5) is 73.2. The minimum atomic E-state index is -0.548. The van der Waals surface area contributed by atoms with Crippen molar-refractivity contribution in [2.24, 2.45) is 0 Å². The van der Waals surface area contributed by atoms with Gasteiger partial charge < -0.3 is 29.0 Å². The number of fused-ring (bicyclic) bond motifs is 5. The molecule has 0 atom stereocenters. The number of anilines is 2. The SMILES string of the molecule is CI.Cc1cc(N)c(-c2nnn(-c3ccc(CCN4CCc5ccc(-n6ccnc6)cc5C4)cc3)n2)cc1C.Cc1cc(NC(=O)c2cc(=O)c3ccccc3o2)c(-c2nnn(-c3ccc(CCN4CCc5ccc(-n6ccnc6)cc5C4)cc3)n2)cc1C.FI.O=C(Sc1nc2ccccc2s1)c1cc(=O)c2ccccc2o1. The molecule has 2 aliphatic heterocycles. The van der Waals surface area contributed by atoms with E-state index < -0.39 is 5.91 Å². The number of thioether (sulfide) groups is 1. The molecule has 7 aromatic heterocycles. The molecule has 574 valence electrons. The molecular formula is C86H76FI2N17O6S2. The molecule has 0 radical (unpaired) electrons. The zero-order valence-electron chi connectivity index (χ0n) is 62.7. The fraction of sp³-hybridized carbons (Fsp3) is 0.174. The van der Waals surface area contributed by atoms with Crippen LogP contribution in [0.4, 0.5) is 14.2 Å². The number of halogens is 3. The maximum Gasteiger partial charge on any atom is 0.291 e. The highest BCUT2D eigenvalue weighted by atomic mass is 127. The molecule has 1 amide bonds. The Hall–Kier alpha value is -11.6. The number of hydrogen-bond acceptors (Lipinski definition) is 20. The normalized spacial score (nSPS) is 12.5. The summed E-state index contributed by atoms with van der Waals surface area (Å²) in [6.07, 6.45) is 15.3. The molecule has 0 spiro atoms. The number of carbonyl (C=O) groups is 2. The average molecular weight is 1780 g/mol. The largest absolute Gasteiger partial charge is 0.452 e. The number of alkyl halides is 1. The lowest BCUT2D eigenvalue weighted by Gasteiger charge is -2.29. The number of tetrazole rings is 2. The Morgan fingerprint density at radius 1 is 0.544 bits per heavy atom. The molecule has 3 N–H and O–H groups in total. The Bertz CT molecular complexity index is 6200. The number of nitrogens with two attached hydrogens (primary N) is 1. The topological polar surface area (TPSA) is 275 Å². The Kier molecular flexibility index (Phi) is 25.3. The fourth-order valence-corrected chi connectivity index (χ4v) is 15.4. The number of nitrogens with one attached hydrogen (secondary N) is 1. The minimum absolute atomic E-state index is 0.0398. The minimum Gasteiger partial charge on any atom is -0.452 e. The summed E-state index contributed by atoms with van der Waals surface area (Å²) >= 11 is 5.21. The molecule has 0 saturated heterocycles. The quantitative estimate of drug-likeness (QED) is 0.0393. The summed E-state index contributed by atoms with van der Waals surface area (Å²) < 4.78 is 26.5. The first-order valence-electron chi connectivity index (χ1n) is 36.5. The van der Waals surface area contributed by atoms with Crippen molar-refractivity contribution in [1.82, 2.24) is 74.3 Å². The summed E-state index contributed by atoms with van der Waals surface area (Å²) in [7, 11) is 0. The Morgan fingerprint density at radius 3 is 1.55 bits per heavy atom. The smallest absolute Gasteiger partial charge is 0.291 e. The lowest BCUT2D eigenvalue weighted by atomic mass is 9.98. The van der Waals surface area contributed by atoms with Gasteiger partial charge in [0.2, 0.25) is 11.6 Å². The van der Waals surface area contributed by atoms with E-state index in [4.69, 9.17) is 14.6 Å². The van der Waals surface area contributed by atoms with Gasteiger partial charge in [-0.1, -0.05) is 95.4 Å². The third-order valence-corrected chi connectivity index (χ3v) is 21.9. The number of carbonyl (C=O) groups excluding carboxylic acids is 2. The van der Waals surface area contributed by atoms with Gasteiger partial charge in [0.1, 0.15) is 11.2 Å². The maximum atomic E-state index is 13.3. The number of thiazole rings is 1. The predicted octanol–water partition coefficient (Wildman–Crippen LogP) is 17.1. The molecule has 0 bridgehead atoms. The summed E-state index contributed by atoms with van der Waals surface area (Å²) in [5, 5.41) is 29.9. The summed E-state index contributed by atoms with van der Waals surface area (Å²) in [5.41, 5.74) is 26.3. The molecule has 23 nitrogen and oxygen atoms in total. The summed E-state index contributed by atoms with van der Waals surface area (Å²) in [5.74, 6) is 0.297. The number of aryl methyl sites for hydroxylation is 4. The molecule has 114 heavy (non-hydrogen) atoms. The standard InChI is InChI=1S/C39H34N8O3.C29H30N8.C17H9NO3S2.CH3I.FI/c1-25-19-33(34(20-26(25)2)41-39(49)37-22-35(48)32-5-3-4-6-36(32)50-37)38-42-44-47(43-38)30-10-7-27(8-11-30)13-16-45-17-14-28-9-12-31(21-29(28)23-45)46-18-15-40-24-46;1-20-15-27(28(30)16-21(20)2)29-32-34-37(33-29)25-6-3-22(4-7-25)9-12-35-13-10-23-5-8-26(17-24(23)18-35)36-14-11-31-19-36;19-12-9-14(21-13-7-3-1-5-10(12)13)16(20)23-17-18-11-6-2-4-8-15(11)22-17;2*1-2/h3-12,15,18-22,24H,13-14,16-17,23H2,1-2H3,(H,41,49);3-8,11,14-17,19H,9-10,12-13,18,30H2,1-2H3;1-9H;1H3;. The highest BCUT2D eigenvalue weighted by molar-refractivity contribution is 14.1. The van der Waals surface area contributed by atoms with Gasteiger partial charge in [0, 0.05) is 104 Å². The van der Waals surface area contributed by atoms with Crippen molar-refractivity contribution >= 4 is 123 Å². The van der Waals surface area contributed by atoms with Crippen LogP contribution in [0.25, 0.3) is 77.7 Å². The number of nitrogens with zero attached hydrogens (tertiary/aromatic N) is 15. The van der Waals surface area contributed by atoms with Gasteiger partial charge >= 0.3 is 0 Å². The molecule has 0 saturated carbocycles. The third-order valence-electron chi connectivity index (χ3n) is 19.9. The van der Waals surface area contributed by atoms with Crippen molar-refractivity contribution in [3.63, 3.8) is 0 Å². The summed E-state index contributed by atoms with van der Waals surface area (Å²) in [6.45, 7) is 14.1. The monoisotopic (exact) mass is 1780 g/mol. The van der Waals surface area contributed by atoms with E-state index in [1.807, 2.05) is 134 Å². The first-order valence-corrected chi connectivity index (χ1v) is 41.1. The number of nitrogen functional groups attached to an aromatic ring is 1. The van der Waals surface area contributed by atoms with E-state index in [1.54, 1.807) is 59.5 Å². The first kappa shape index (κ1) is 79.1. The number of benzene rings is 9. The van der Waals surface area contributed by atoms with Gasteiger partial charge in [0.25, 0.3) is 11.0 Å². The van der Waals surface area contributed by atoms with Crippen LogP contribution in [0.5, 0.6) is 0 Å². The molecule has 16 aromatic rings. The number of amides is 1. The number of para-hydroxylation sites is 3. The lowest BCUT2D eigenvalue weighted by Crippen LogP contribution is -2.32. The van der Waals surface area contributed by atoms with Crippen molar-refractivity contribution in [3.8, 4) is 45.5 Å². The first-order chi connectivity index (χ1) is 55.6. The van der Waals surface area contributed by atoms with Crippen molar-refractivity contribution in [3.05, 3.63) is 319 Å². The van der Waals surface area contributed by atoms with E-state index >= 15 is 0 Å². The van der Waals surface area contributed by atoms with Gasteiger partial charge in [-0.15, -0.1) is 41.3 Å². The second-order valence-electron chi connectivity index (χ2n) is 27.3. The molecule has 0 fully saturated rings. The molecule has 18 rings (SSSR count). The molecule has 0 unspecified atom stereocenters. The Morgan fingerprint density at radius 2 is 1.02 bits per heavy atom. The van der Waals surface area contributed by atoms with Gasteiger partial charge in [-0.3, -0.25) is 29.0 Å². The zero-order valence-corrected chi connectivity index (χ0v) is 68.6. The van der Waals surface area contributed by atoms with Crippen LogP contribution in [0.15, 0.2) is 254 Å². The number of aromatic nitrogens is 13. The second kappa shape index (κ2) is 36.5. The van der Waals surface area contributed by atoms with E-state index in [1.165, 1.54) is 67.3 Å². The van der Waals surface area contributed by atoms with Crippen molar-refractivity contribution < 1.29 is 21.3 Å². The summed E-state index contributed by atoms with van der Waals surface area (Å²) in [6, 6.07) is 61.6. The van der Waals surface area contributed by atoms with E-state index in [2.05, 4.69) is 156 Å². The number of imidazole rings is 2. The van der Waals surface area contributed by atoms with Crippen LogP contribution in [0.2, 0.25) is 0 Å². The molecule has 28 heteroatoms. The van der Waals surface area contributed by atoms with Crippen molar-refractivity contribution in [2.75, 3.05) is 42.2 Å². The second-order valence-corrected chi connectivity index (χ2v) is 29.5. The Balaban J connectivity index is 0.000000147. The van der Waals surface area contributed by atoms with Gasteiger partial charge in [-0.05, 0) is 245 Å². The van der Waals surface area contributed by atoms with Crippen LogP contribution in [0.1, 0.15) is 76.7 Å². The molecule has 9 heterocycles. The van der Waals surface area contributed by atoms with Gasteiger partial charge in [-0.2, -0.15) is 2.86 Å². The van der Waals surface area contributed by atoms with E-state index in [-0.39, 0.29) is 27.5 Å². The van der Waals surface area contributed by atoms with Crippen LogP contribution in [-0.2, 0) is 38.8 Å². The third kappa shape index (κ3) is 18.5. The number of hydrogen-bond donors (Lipinski definition) is 2. The maximum absolute atomic E-state index is 13.3. The molecule has 0 aliphatic carbocycles. The van der Waals surface area contributed by atoms with Crippen LogP contribution in [-0.4, -0.2) is 116 Å². The van der Waals surface area contributed by atoms with Gasteiger partial charge in [0.15, 0.2) is 49.9 Å². The average Bonchev–Trinajstić information content (AvgIpc) is 1.06. The van der Waals surface area contributed by atoms with Gasteiger partial charge in [-0.25, -0.2) is 15.0 Å². The highest BCUT2D eigenvalue weighted by Crippen LogP contribution is 2.34. The van der Waals surface area contributed by atoms with Crippen molar-refractivity contribution in [1.29, 1.82) is 0 Å². The van der Waals surface area contributed by atoms with Crippen LogP contribution in [0, 0.1) is 27.7 Å². The fourth-order valence-electron chi connectivity index (χ4n) is 13.5. The van der Waals surface area contributed by atoms with Crippen molar-refractivity contribution in [2.45, 2.75) is 70.8 Å². The number of rotatable bonds is 16. The predicted molar refractivity (Wildman–Crippen MR) is 463 cm³/mol. The van der Waals surface area contributed by atoms with Crippen LogP contribution >= 0.6 is 68.9 Å². The van der Waals surface area contributed by atoms with E-state index in [0.717, 1.165) is 132 Å².